The molecule has 0 fully saturated rings. The molecule has 0 aliphatic rings. The average Bonchev–Trinajstić information content (AvgIpc) is 2.77. The fourth-order valence-corrected chi connectivity index (χ4v) is 2.95. The van der Waals surface area contributed by atoms with E-state index in [1.165, 1.54) is 13.9 Å². The lowest BCUT2D eigenvalue weighted by molar-refractivity contribution is 0.533. The molecule has 0 saturated carbocycles. The Balaban J connectivity index is 2.26. The molecule has 2 rings (SSSR count). The van der Waals surface area contributed by atoms with Crippen molar-refractivity contribution in [3.05, 3.63) is 37.6 Å². The third kappa shape index (κ3) is 3.96. The van der Waals surface area contributed by atoms with Crippen molar-refractivity contribution in [1.82, 2.24) is 25.5 Å². The number of rotatable bonds is 5. The van der Waals surface area contributed by atoms with Crippen LogP contribution < -0.4 is 5.32 Å². The normalized spacial score (nSPS) is 12.6. The molecular formula is C12H15BrIN5. The lowest BCUT2D eigenvalue weighted by Crippen LogP contribution is -2.24. The molecule has 19 heavy (non-hydrogen) atoms. The number of likely N-dealkylation sites (N-methyl/N-ethyl adjacent to an activating group) is 1. The first-order valence-electron chi connectivity index (χ1n) is 6.01. The van der Waals surface area contributed by atoms with E-state index in [9.17, 15) is 0 Å². The summed E-state index contributed by atoms with van der Waals surface area (Å²) in [6.07, 6.45) is 0.723. The second-order valence-corrected chi connectivity index (χ2v) is 6.28. The van der Waals surface area contributed by atoms with E-state index in [2.05, 4.69) is 84.4 Å². The van der Waals surface area contributed by atoms with Crippen LogP contribution in [-0.2, 0) is 13.5 Å². The van der Waals surface area contributed by atoms with Crippen LogP contribution in [0, 0.1) is 3.57 Å². The van der Waals surface area contributed by atoms with Gasteiger partial charge in [0.05, 0.1) is 7.05 Å². The van der Waals surface area contributed by atoms with E-state index in [-0.39, 0.29) is 6.04 Å². The number of nitrogens with one attached hydrogen (secondary N) is 1. The minimum absolute atomic E-state index is 0.179. The van der Waals surface area contributed by atoms with E-state index in [0.29, 0.717) is 0 Å². The number of halogens is 2. The zero-order valence-corrected chi connectivity index (χ0v) is 14.5. The van der Waals surface area contributed by atoms with Gasteiger partial charge in [0.25, 0.3) is 0 Å². The predicted molar refractivity (Wildman–Crippen MR) is 85.8 cm³/mol. The van der Waals surface area contributed by atoms with Gasteiger partial charge in [-0.15, -0.1) is 10.2 Å². The summed E-state index contributed by atoms with van der Waals surface area (Å²) in [4.78, 5) is 1.49. The van der Waals surface area contributed by atoms with Crippen LogP contribution in [0.4, 0.5) is 0 Å². The van der Waals surface area contributed by atoms with Gasteiger partial charge < -0.3 is 5.32 Å². The van der Waals surface area contributed by atoms with E-state index in [1.54, 1.807) is 7.05 Å². The molecule has 1 aromatic carbocycles. The van der Waals surface area contributed by atoms with Gasteiger partial charge in [0.2, 0.25) is 0 Å². The number of aromatic nitrogens is 4. The van der Waals surface area contributed by atoms with Crippen LogP contribution in [-0.4, -0.2) is 26.8 Å². The van der Waals surface area contributed by atoms with Gasteiger partial charge in [-0.3, -0.25) is 0 Å². The molecule has 1 unspecified atom stereocenters. The van der Waals surface area contributed by atoms with Crippen LogP contribution in [0.1, 0.15) is 24.4 Å². The number of hydrogen-bond donors (Lipinski definition) is 1. The summed E-state index contributed by atoms with van der Waals surface area (Å²) < 4.78 is 2.31. The van der Waals surface area contributed by atoms with Crippen LogP contribution >= 0.6 is 38.5 Å². The van der Waals surface area contributed by atoms with E-state index >= 15 is 0 Å². The summed E-state index contributed by atoms with van der Waals surface area (Å²) in [5.41, 5.74) is 1.22. The number of aryl methyl sites for hydroxylation is 1. The van der Waals surface area contributed by atoms with Crippen LogP contribution in [0.15, 0.2) is 22.7 Å². The van der Waals surface area contributed by atoms with Crippen molar-refractivity contribution >= 4 is 38.5 Å². The molecule has 102 valence electrons. The Morgan fingerprint density at radius 1 is 1.47 bits per heavy atom. The van der Waals surface area contributed by atoms with Crippen molar-refractivity contribution in [3.63, 3.8) is 0 Å². The maximum absolute atomic E-state index is 4.25. The molecule has 0 amide bonds. The molecule has 0 radical (unpaired) electrons. The smallest absolute Gasteiger partial charge is 0.176 e. The lowest BCUT2D eigenvalue weighted by atomic mass is 10.0. The van der Waals surface area contributed by atoms with Gasteiger partial charge in [-0.1, -0.05) is 22.9 Å². The van der Waals surface area contributed by atoms with Gasteiger partial charge in [-0.05, 0) is 58.1 Å². The lowest BCUT2D eigenvalue weighted by Gasteiger charge is -2.18. The minimum Gasteiger partial charge on any atom is -0.310 e. The molecule has 0 aliphatic carbocycles. The summed E-state index contributed by atoms with van der Waals surface area (Å²) in [5, 5.41) is 15.7. The van der Waals surface area contributed by atoms with Crippen molar-refractivity contribution in [2.24, 2.45) is 7.05 Å². The summed E-state index contributed by atoms with van der Waals surface area (Å²) in [6.45, 7) is 2.99. The van der Waals surface area contributed by atoms with Crippen LogP contribution in [0.25, 0.3) is 0 Å². The van der Waals surface area contributed by atoms with E-state index in [0.717, 1.165) is 23.3 Å². The zero-order valence-electron chi connectivity index (χ0n) is 10.8. The van der Waals surface area contributed by atoms with E-state index < -0.39 is 0 Å². The summed E-state index contributed by atoms with van der Waals surface area (Å²) in [6, 6.07) is 6.51. The number of nitrogens with zero attached hydrogens (tertiary/aromatic N) is 4. The molecule has 1 atom stereocenters. The van der Waals surface area contributed by atoms with Crippen molar-refractivity contribution in [2.45, 2.75) is 19.4 Å². The van der Waals surface area contributed by atoms with Gasteiger partial charge in [-0.2, -0.15) is 4.80 Å². The number of benzene rings is 1. The molecule has 7 heteroatoms. The molecule has 0 saturated heterocycles. The van der Waals surface area contributed by atoms with E-state index in [4.69, 9.17) is 0 Å². The maximum atomic E-state index is 4.25. The highest BCUT2D eigenvalue weighted by Gasteiger charge is 2.17. The molecule has 2 aromatic rings. The highest BCUT2D eigenvalue weighted by Crippen LogP contribution is 2.27. The highest BCUT2D eigenvalue weighted by molar-refractivity contribution is 14.1. The van der Waals surface area contributed by atoms with Gasteiger partial charge in [0.1, 0.15) is 0 Å². The van der Waals surface area contributed by atoms with Gasteiger partial charge in [0, 0.05) is 20.5 Å². The Labute approximate surface area is 134 Å². The molecule has 1 aromatic heterocycles. The predicted octanol–water partition coefficient (Wildman–Crippen LogP) is 2.47. The second-order valence-electron chi connectivity index (χ2n) is 4.18. The first kappa shape index (κ1) is 14.9. The van der Waals surface area contributed by atoms with Crippen LogP contribution in [0.2, 0.25) is 0 Å². The molecule has 0 spiro atoms. The summed E-state index contributed by atoms with van der Waals surface area (Å²) in [5.74, 6) is 0.749. The second kappa shape index (κ2) is 6.76. The monoisotopic (exact) mass is 435 g/mol. The SMILES string of the molecule is CCNC(Cc1nnn(C)n1)c1cc(I)ccc1Br. The fraction of sp³-hybridized carbons (Fsp3) is 0.417. The molecule has 1 N–H and O–H groups in total. The number of tetrazole rings is 1. The quantitative estimate of drug-likeness (QED) is 0.733. The Morgan fingerprint density at radius 2 is 2.26 bits per heavy atom. The summed E-state index contributed by atoms with van der Waals surface area (Å²) >= 11 is 5.94. The highest BCUT2D eigenvalue weighted by atomic mass is 127. The average molecular weight is 436 g/mol. The largest absolute Gasteiger partial charge is 0.310 e. The van der Waals surface area contributed by atoms with E-state index in [1.807, 2.05) is 0 Å². The number of hydrogen-bond acceptors (Lipinski definition) is 4. The van der Waals surface area contributed by atoms with Crippen LogP contribution in [0.5, 0.6) is 0 Å². The Bertz CT molecular complexity index is 557. The first-order chi connectivity index (χ1) is 9.10. The molecule has 5 nitrogen and oxygen atoms in total. The topological polar surface area (TPSA) is 55.6 Å². The van der Waals surface area contributed by atoms with Gasteiger partial charge in [-0.25, -0.2) is 0 Å². The van der Waals surface area contributed by atoms with Crippen molar-refractivity contribution < 1.29 is 0 Å². The Morgan fingerprint density at radius 3 is 2.89 bits per heavy atom. The molecular weight excluding hydrogens is 421 g/mol. The molecule has 0 bridgehead atoms. The first-order valence-corrected chi connectivity index (χ1v) is 7.88. The standard InChI is InChI=1S/C12H15BrIN5/c1-3-15-11(7-12-16-18-19(2)17-12)9-6-8(14)4-5-10(9)13/h4-6,11,15H,3,7H2,1-2H3. The Kier molecular flexibility index (Phi) is 5.28. The zero-order chi connectivity index (χ0) is 13.8. The van der Waals surface area contributed by atoms with Crippen molar-refractivity contribution in [2.75, 3.05) is 6.54 Å². The minimum atomic E-state index is 0.179. The third-order valence-electron chi connectivity index (χ3n) is 2.72. The summed E-state index contributed by atoms with van der Waals surface area (Å²) in [7, 11) is 1.78. The van der Waals surface area contributed by atoms with Crippen molar-refractivity contribution in [1.29, 1.82) is 0 Å². The molecule has 0 aliphatic heterocycles. The maximum Gasteiger partial charge on any atom is 0.176 e. The third-order valence-corrected chi connectivity index (χ3v) is 4.11. The molecule has 1 heterocycles. The Hall–Kier alpha value is -0.540. The van der Waals surface area contributed by atoms with Crippen molar-refractivity contribution in [3.8, 4) is 0 Å². The fourth-order valence-electron chi connectivity index (χ4n) is 1.91. The van der Waals surface area contributed by atoms with Gasteiger partial charge in [0.15, 0.2) is 5.82 Å². The van der Waals surface area contributed by atoms with Gasteiger partial charge >= 0.3 is 0 Å². The van der Waals surface area contributed by atoms with Crippen LogP contribution in [0.3, 0.4) is 0 Å².